The van der Waals surface area contributed by atoms with Crippen LogP contribution in [0.4, 0.5) is 10.5 Å². The van der Waals surface area contributed by atoms with Gasteiger partial charge in [-0.05, 0) is 61.5 Å². The fourth-order valence-corrected chi connectivity index (χ4v) is 5.28. The van der Waals surface area contributed by atoms with Crippen molar-refractivity contribution in [2.24, 2.45) is 0 Å². The smallest absolute Gasteiger partial charge is 0.335 e. The van der Waals surface area contributed by atoms with Crippen LogP contribution in [0.2, 0.25) is 0 Å². The molecule has 0 aliphatic carbocycles. The van der Waals surface area contributed by atoms with E-state index in [0.717, 1.165) is 22.4 Å². The van der Waals surface area contributed by atoms with Crippen molar-refractivity contribution in [1.82, 2.24) is 4.90 Å². The molecule has 3 aromatic rings. The predicted octanol–water partition coefficient (Wildman–Crippen LogP) is 5.69. The van der Waals surface area contributed by atoms with Crippen LogP contribution in [0.25, 0.3) is 0 Å². The largest absolute Gasteiger partial charge is 0.467 e. The lowest BCUT2D eigenvalue weighted by Crippen LogP contribution is -2.67. The number of carbonyl (C=O) groups excluding carboxylic acids is 2. The fraction of sp³-hybridized carbons (Fsp3) is 0.250. The van der Waals surface area contributed by atoms with Crippen molar-refractivity contribution < 1.29 is 14.3 Å². The van der Waals surface area contributed by atoms with E-state index < -0.39 is 5.72 Å². The highest BCUT2D eigenvalue weighted by molar-refractivity contribution is 7.12. The molecular weight excluding hydrogens is 396 g/mol. The average molecular weight is 419 g/mol. The quantitative estimate of drug-likeness (QED) is 0.537. The molecule has 2 atom stereocenters. The molecule has 0 spiro atoms. The van der Waals surface area contributed by atoms with Gasteiger partial charge in [0.1, 0.15) is 5.75 Å². The first-order valence-corrected chi connectivity index (χ1v) is 10.8. The number of fused-ring (bicyclic) bond motifs is 4. The molecule has 2 aliphatic heterocycles. The van der Waals surface area contributed by atoms with E-state index in [-0.39, 0.29) is 18.0 Å². The van der Waals surface area contributed by atoms with Gasteiger partial charge < -0.3 is 4.74 Å². The second kappa shape index (κ2) is 6.71. The average Bonchev–Trinajstić information content (AvgIpc) is 3.21. The molecule has 6 heteroatoms. The van der Waals surface area contributed by atoms with E-state index in [2.05, 4.69) is 6.07 Å². The summed E-state index contributed by atoms with van der Waals surface area (Å²) in [6.45, 7) is 5.93. The number of thiophene rings is 1. The summed E-state index contributed by atoms with van der Waals surface area (Å²) in [6.07, 6.45) is 0.500. The van der Waals surface area contributed by atoms with Crippen LogP contribution in [0.3, 0.4) is 0 Å². The van der Waals surface area contributed by atoms with Crippen LogP contribution >= 0.6 is 11.3 Å². The number of nitrogens with zero attached hydrogens (tertiary/aromatic N) is 2. The fourth-order valence-electron chi connectivity index (χ4n) is 4.62. The number of hydrogen-bond donors (Lipinski definition) is 0. The maximum absolute atomic E-state index is 13.9. The van der Waals surface area contributed by atoms with E-state index in [0.29, 0.717) is 17.0 Å². The van der Waals surface area contributed by atoms with Gasteiger partial charge in [0.2, 0.25) is 0 Å². The van der Waals surface area contributed by atoms with E-state index >= 15 is 0 Å². The summed E-state index contributed by atoms with van der Waals surface area (Å²) in [7, 11) is 0. The number of amides is 3. The lowest BCUT2D eigenvalue weighted by molar-refractivity contribution is 0.00283. The third-order valence-electron chi connectivity index (χ3n) is 5.78. The first-order chi connectivity index (χ1) is 14.4. The van der Waals surface area contributed by atoms with E-state index in [4.69, 9.17) is 4.74 Å². The van der Waals surface area contributed by atoms with E-state index in [1.165, 1.54) is 16.2 Å². The molecule has 1 saturated heterocycles. The lowest BCUT2D eigenvalue weighted by atomic mass is 9.88. The van der Waals surface area contributed by atoms with Crippen LogP contribution in [0.5, 0.6) is 5.75 Å². The molecule has 1 aromatic heterocycles. The van der Waals surface area contributed by atoms with E-state index in [1.54, 1.807) is 11.0 Å². The number of urea groups is 1. The molecule has 1 fully saturated rings. The third kappa shape index (κ3) is 2.82. The Balaban J connectivity index is 1.70. The minimum Gasteiger partial charge on any atom is -0.467 e. The Hall–Kier alpha value is -3.12. The summed E-state index contributed by atoms with van der Waals surface area (Å²) >= 11 is 1.35. The summed E-state index contributed by atoms with van der Waals surface area (Å²) in [5, 5.41) is 1.85. The van der Waals surface area contributed by atoms with Crippen LogP contribution < -0.4 is 9.64 Å². The van der Waals surface area contributed by atoms with Gasteiger partial charge in [0.25, 0.3) is 5.91 Å². The summed E-state index contributed by atoms with van der Waals surface area (Å²) in [6, 6.07) is 16.5. The number of aryl methyl sites for hydroxylation is 2. The molecule has 0 N–H and O–H groups in total. The van der Waals surface area contributed by atoms with Crippen molar-refractivity contribution in [3.05, 3.63) is 81.5 Å². The van der Waals surface area contributed by atoms with Crippen molar-refractivity contribution >= 4 is 29.0 Å². The minimum absolute atomic E-state index is 0.270. The molecule has 2 aliphatic rings. The molecule has 0 saturated carbocycles. The maximum atomic E-state index is 13.9. The molecule has 0 radical (unpaired) electrons. The molecule has 0 unspecified atom stereocenters. The molecular formula is C24H22N2O3S. The van der Waals surface area contributed by atoms with Crippen LogP contribution in [0, 0.1) is 13.8 Å². The van der Waals surface area contributed by atoms with Gasteiger partial charge in [-0.25, -0.2) is 4.79 Å². The van der Waals surface area contributed by atoms with Gasteiger partial charge in [-0.3, -0.25) is 14.6 Å². The Bertz CT molecular complexity index is 1140. The first-order valence-electron chi connectivity index (χ1n) is 9.95. The van der Waals surface area contributed by atoms with Crippen molar-refractivity contribution in [3.8, 4) is 5.75 Å². The third-order valence-corrected chi connectivity index (χ3v) is 6.64. The predicted molar refractivity (Wildman–Crippen MR) is 117 cm³/mol. The second-order valence-electron chi connectivity index (χ2n) is 8.15. The number of hydrogen-bond acceptors (Lipinski definition) is 4. The minimum atomic E-state index is -0.886. The number of anilines is 1. The number of benzene rings is 2. The zero-order chi connectivity index (χ0) is 21.0. The van der Waals surface area contributed by atoms with Crippen LogP contribution in [-0.4, -0.2) is 22.6 Å². The molecule has 2 bridgehead atoms. The molecule has 5 nitrogen and oxygen atoms in total. The van der Waals surface area contributed by atoms with Crippen molar-refractivity contribution in [2.75, 3.05) is 4.90 Å². The normalized spacial score (nSPS) is 22.5. The SMILES string of the molecule is Cc1cc(C)cc(N2C(=O)N(C(=O)c3cccs3)[C@@H]3C[C@]2(C)Oc2ccccc23)c1. The molecule has 5 rings (SSSR count). The van der Waals surface area contributed by atoms with Gasteiger partial charge >= 0.3 is 6.03 Å². The Labute approximate surface area is 179 Å². The topological polar surface area (TPSA) is 49.9 Å². The molecule has 30 heavy (non-hydrogen) atoms. The van der Waals surface area contributed by atoms with Gasteiger partial charge in [0.05, 0.1) is 10.9 Å². The molecule has 3 heterocycles. The Morgan fingerprint density at radius 2 is 1.83 bits per heavy atom. The summed E-state index contributed by atoms with van der Waals surface area (Å²) in [5.74, 6) is 0.440. The molecule has 2 aromatic carbocycles. The van der Waals surface area contributed by atoms with Crippen molar-refractivity contribution in [1.29, 1.82) is 0 Å². The van der Waals surface area contributed by atoms with Crippen LogP contribution in [-0.2, 0) is 0 Å². The van der Waals surface area contributed by atoms with Crippen molar-refractivity contribution in [2.45, 2.75) is 39.0 Å². The van der Waals surface area contributed by atoms with Crippen LogP contribution in [0.1, 0.15) is 45.7 Å². The highest BCUT2D eigenvalue weighted by atomic mass is 32.1. The Morgan fingerprint density at radius 3 is 2.53 bits per heavy atom. The summed E-state index contributed by atoms with van der Waals surface area (Å²) < 4.78 is 6.40. The van der Waals surface area contributed by atoms with Gasteiger partial charge in [-0.15, -0.1) is 11.3 Å². The summed E-state index contributed by atoms with van der Waals surface area (Å²) in [4.78, 5) is 30.9. The molecule has 152 valence electrons. The second-order valence-corrected chi connectivity index (χ2v) is 9.10. The zero-order valence-electron chi connectivity index (χ0n) is 17.1. The number of carbonyl (C=O) groups is 2. The summed E-state index contributed by atoms with van der Waals surface area (Å²) in [5.41, 5.74) is 2.82. The van der Waals surface area contributed by atoms with E-state index in [1.807, 2.05) is 68.6 Å². The Kier molecular flexibility index (Phi) is 4.22. The highest BCUT2D eigenvalue weighted by Gasteiger charge is 2.55. The zero-order valence-corrected chi connectivity index (χ0v) is 17.9. The van der Waals surface area contributed by atoms with Gasteiger partial charge in [0.15, 0.2) is 5.72 Å². The number of rotatable bonds is 2. The number of ether oxygens (including phenoxy) is 1. The van der Waals surface area contributed by atoms with Gasteiger partial charge in [-0.2, -0.15) is 0 Å². The Morgan fingerprint density at radius 1 is 1.10 bits per heavy atom. The lowest BCUT2D eigenvalue weighted by Gasteiger charge is -2.53. The monoisotopic (exact) mass is 418 g/mol. The number of para-hydroxylation sites is 1. The van der Waals surface area contributed by atoms with Gasteiger partial charge in [-0.1, -0.05) is 30.3 Å². The van der Waals surface area contributed by atoms with E-state index in [9.17, 15) is 9.59 Å². The van der Waals surface area contributed by atoms with Gasteiger partial charge in [0, 0.05) is 17.7 Å². The van der Waals surface area contributed by atoms with Crippen molar-refractivity contribution in [3.63, 3.8) is 0 Å². The standard InChI is InChI=1S/C24H22N2O3S/c1-15-11-16(2)13-17(12-15)26-23(28)25(22(27)21-9-6-10-30-21)19-14-24(26,3)29-20-8-5-4-7-18(19)20/h4-13,19H,14H2,1-3H3/t19-,24+/m1/s1. The molecule has 3 amide bonds. The first kappa shape index (κ1) is 18.9. The van der Waals surface area contributed by atoms with Crippen LogP contribution in [0.15, 0.2) is 60.0 Å². The highest BCUT2D eigenvalue weighted by Crippen LogP contribution is 2.49. The number of imide groups is 1. The maximum Gasteiger partial charge on any atom is 0.335 e.